The van der Waals surface area contributed by atoms with Crippen LogP contribution in [0.3, 0.4) is 0 Å². The minimum absolute atomic E-state index is 0.0551. The number of nitrogens with zero attached hydrogens (tertiary/aromatic N) is 1. The fourth-order valence-corrected chi connectivity index (χ4v) is 5.80. The van der Waals surface area contributed by atoms with Crippen molar-refractivity contribution in [3.63, 3.8) is 0 Å². The summed E-state index contributed by atoms with van der Waals surface area (Å²) in [6.45, 7) is 5.64. The summed E-state index contributed by atoms with van der Waals surface area (Å²) in [5.74, 6) is 1.06. The molecule has 180 valence electrons. The van der Waals surface area contributed by atoms with Gasteiger partial charge in [0.2, 0.25) is 5.91 Å². The number of fused-ring (bicyclic) bond motifs is 3. The third-order valence-corrected chi connectivity index (χ3v) is 7.51. The third kappa shape index (κ3) is 4.26. The van der Waals surface area contributed by atoms with Crippen LogP contribution in [0.2, 0.25) is 0 Å². The van der Waals surface area contributed by atoms with Crippen LogP contribution in [0, 0.1) is 0 Å². The molecule has 0 unspecified atom stereocenters. The van der Waals surface area contributed by atoms with Crippen molar-refractivity contribution in [3.05, 3.63) is 71.5 Å². The van der Waals surface area contributed by atoms with Crippen LogP contribution in [-0.4, -0.2) is 50.3 Å². The molecule has 1 N–H and O–H groups in total. The van der Waals surface area contributed by atoms with Crippen molar-refractivity contribution in [2.75, 3.05) is 33.4 Å². The maximum absolute atomic E-state index is 12.4. The van der Waals surface area contributed by atoms with E-state index in [4.69, 9.17) is 13.9 Å². The van der Waals surface area contributed by atoms with Crippen LogP contribution in [0.25, 0.3) is 11.0 Å². The highest BCUT2D eigenvalue weighted by Crippen LogP contribution is 2.52. The summed E-state index contributed by atoms with van der Waals surface area (Å²) in [5.41, 5.74) is 3.33. The van der Waals surface area contributed by atoms with E-state index in [1.807, 2.05) is 25.1 Å². The van der Waals surface area contributed by atoms with Gasteiger partial charge in [-0.05, 0) is 49.2 Å². The fraction of sp³-hybridized carbons (Fsp3) is 0.464. The van der Waals surface area contributed by atoms with E-state index in [1.165, 1.54) is 11.1 Å². The highest BCUT2D eigenvalue weighted by atomic mass is 16.5. The number of piperidine rings is 1. The van der Waals surface area contributed by atoms with Crippen molar-refractivity contribution >= 4 is 16.9 Å². The van der Waals surface area contributed by atoms with Crippen molar-refractivity contribution < 1.29 is 18.7 Å². The van der Waals surface area contributed by atoms with E-state index in [0.29, 0.717) is 19.6 Å². The number of carbonyl (C=O) groups excluding carboxylic acids is 1. The van der Waals surface area contributed by atoms with Crippen LogP contribution < -0.4 is 5.32 Å². The normalized spacial score (nSPS) is 21.7. The number of nitrogens with one attached hydrogen (secondary N) is 1. The number of hydrogen-bond donors (Lipinski definition) is 1. The smallest absolute Gasteiger partial charge is 0.220 e. The average molecular weight is 463 g/mol. The lowest BCUT2D eigenvalue weighted by Gasteiger charge is -2.44. The highest BCUT2D eigenvalue weighted by molar-refractivity contribution is 5.77. The third-order valence-electron chi connectivity index (χ3n) is 7.51. The molecular formula is C28H34N2O4. The fourth-order valence-electron chi connectivity index (χ4n) is 5.80. The van der Waals surface area contributed by atoms with Crippen LogP contribution in [-0.2, 0) is 26.2 Å². The molecular weight excluding hydrogens is 428 g/mol. The zero-order valence-electron chi connectivity index (χ0n) is 20.1. The first-order valence-corrected chi connectivity index (χ1v) is 12.3. The van der Waals surface area contributed by atoms with Crippen LogP contribution >= 0.6 is 0 Å². The second-order valence-electron chi connectivity index (χ2n) is 9.45. The number of para-hydroxylation sites is 1. The number of likely N-dealkylation sites (tertiary alicyclic amines) is 1. The molecule has 6 heteroatoms. The van der Waals surface area contributed by atoms with Crippen molar-refractivity contribution in [1.82, 2.24) is 10.2 Å². The molecule has 1 spiro atoms. The maximum Gasteiger partial charge on any atom is 0.220 e. The zero-order valence-corrected chi connectivity index (χ0v) is 20.1. The SMILES string of the molecule is CCC(=O)N[C@H]1c2ccccc2C2(CCN(Cc3cc4ccccc4o3)CC2)[C@@H]1OCCOC. The van der Waals surface area contributed by atoms with E-state index in [0.717, 1.165) is 49.2 Å². The molecule has 0 radical (unpaired) electrons. The van der Waals surface area contributed by atoms with Crippen molar-refractivity contribution in [1.29, 1.82) is 0 Å². The molecule has 1 amide bonds. The van der Waals surface area contributed by atoms with Gasteiger partial charge in [0, 0.05) is 24.3 Å². The second kappa shape index (κ2) is 9.90. The topological polar surface area (TPSA) is 63.9 Å². The Kier molecular flexibility index (Phi) is 6.73. The van der Waals surface area contributed by atoms with Gasteiger partial charge in [0.15, 0.2) is 0 Å². The number of rotatable bonds is 8. The lowest BCUT2D eigenvalue weighted by molar-refractivity contribution is -0.124. The average Bonchev–Trinajstić information content (AvgIpc) is 3.38. The first kappa shape index (κ1) is 23.1. The predicted octanol–water partition coefficient (Wildman–Crippen LogP) is 4.58. The predicted molar refractivity (Wildman–Crippen MR) is 132 cm³/mol. The standard InChI is InChI=1S/C28H34N2O4/c1-3-25(31)29-26-22-9-5-6-10-23(22)28(27(26)33-17-16-32-2)12-14-30(15-13-28)19-21-18-20-8-4-7-11-24(20)34-21/h4-11,18,26-27H,3,12-17,19H2,1-2H3,(H,29,31)/t26-,27+/m0/s1. The minimum atomic E-state index is -0.137. The lowest BCUT2D eigenvalue weighted by Crippen LogP contribution is -2.51. The molecule has 2 aromatic carbocycles. The van der Waals surface area contributed by atoms with Gasteiger partial charge in [-0.1, -0.05) is 49.4 Å². The molecule has 2 aliphatic rings. The van der Waals surface area contributed by atoms with Gasteiger partial charge in [0.05, 0.1) is 31.9 Å². The first-order valence-electron chi connectivity index (χ1n) is 12.3. The van der Waals surface area contributed by atoms with Crippen LogP contribution in [0.15, 0.2) is 59.0 Å². The molecule has 2 atom stereocenters. The van der Waals surface area contributed by atoms with E-state index in [1.54, 1.807) is 7.11 Å². The van der Waals surface area contributed by atoms with Gasteiger partial charge in [0.25, 0.3) is 0 Å². The Hall–Kier alpha value is -2.67. The summed E-state index contributed by atoms with van der Waals surface area (Å²) >= 11 is 0. The Labute approximate surface area is 201 Å². The molecule has 1 fully saturated rings. The Morgan fingerprint density at radius 1 is 1.12 bits per heavy atom. The minimum Gasteiger partial charge on any atom is -0.460 e. The first-order chi connectivity index (χ1) is 16.6. The van der Waals surface area contributed by atoms with Crippen LogP contribution in [0.4, 0.5) is 0 Å². The van der Waals surface area contributed by atoms with Gasteiger partial charge in [-0.3, -0.25) is 9.69 Å². The molecule has 0 bridgehead atoms. The zero-order chi connectivity index (χ0) is 23.5. The molecule has 1 aliphatic heterocycles. The lowest BCUT2D eigenvalue weighted by atomic mass is 9.71. The van der Waals surface area contributed by atoms with E-state index in [9.17, 15) is 4.79 Å². The Bertz CT molecular complexity index is 1100. The molecule has 1 saturated heterocycles. The van der Waals surface area contributed by atoms with Gasteiger partial charge in [-0.15, -0.1) is 0 Å². The van der Waals surface area contributed by atoms with Crippen molar-refractivity contribution in [3.8, 4) is 0 Å². The summed E-state index contributed by atoms with van der Waals surface area (Å²) < 4.78 is 17.8. The summed E-state index contributed by atoms with van der Waals surface area (Å²) in [6.07, 6.45) is 2.30. The molecule has 1 aliphatic carbocycles. The van der Waals surface area contributed by atoms with E-state index in [-0.39, 0.29) is 23.5 Å². The van der Waals surface area contributed by atoms with Crippen LogP contribution in [0.5, 0.6) is 0 Å². The molecule has 6 nitrogen and oxygen atoms in total. The summed E-state index contributed by atoms with van der Waals surface area (Å²) in [5, 5.41) is 4.42. The number of benzene rings is 2. The van der Waals surface area contributed by atoms with Crippen LogP contribution in [0.1, 0.15) is 49.1 Å². The van der Waals surface area contributed by atoms with Gasteiger partial charge in [-0.25, -0.2) is 0 Å². The molecule has 3 aromatic rings. The van der Waals surface area contributed by atoms with E-state index < -0.39 is 0 Å². The van der Waals surface area contributed by atoms with Crippen molar-refractivity contribution in [2.45, 2.75) is 50.3 Å². The Morgan fingerprint density at radius 2 is 1.88 bits per heavy atom. The number of methoxy groups -OCH3 is 1. The Balaban J connectivity index is 1.38. The molecule has 2 heterocycles. The van der Waals surface area contributed by atoms with Gasteiger partial charge < -0.3 is 19.2 Å². The molecule has 34 heavy (non-hydrogen) atoms. The van der Waals surface area contributed by atoms with E-state index in [2.05, 4.69) is 46.6 Å². The quantitative estimate of drug-likeness (QED) is 0.497. The largest absolute Gasteiger partial charge is 0.460 e. The molecule has 0 saturated carbocycles. The number of amides is 1. The monoisotopic (exact) mass is 462 g/mol. The van der Waals surface area contributed by atoms with Gasteiger partial charge in [-0.2, -0.15) is 0 Å². The summed E-state index contributed by atoms with van der Waals surface area (Å²) in [7, 11) is 1.69. The maximum atomic E-state index is 12.4. The number of ether oxygens (including phenoxy) is 2. The number of carbonyl (C=O) groups is 1. The number of hydrogen-bond acceptors (Lipinski definition) is 5. The highest BCUT2D eigenvalue weighted by Gasteiger charge is 2.54. The van der Waals surface area contributed by atoms with E-state index >= 15 is 0 Å². The van der Waals surface area contributed by atoms with Gasteiger partial charge in [0.1, 0.15) is 11.3 Å². The number of furan rings is 1. The van der Waals surface area contributed by atoms with Gasteiger partial charge >= 0.3 is 0 Å². The van der Waals surface area contributed by atoms with Crippen molar-refractivity contribution in [2.24, 2.45) is 0 Å². The summed E-state index contributed by atoms with van der Waals surface area (Å²) in [4.78, 5) is 14.9. The second-order valence-corrected chi connectivity index (χ2v) is 9.45. The molecule has 1 aromatic heterocycles. The molecule has 5 rings (SSSR count). The summed E-state index contributed by atoms with van der Waals surface area (Å²) in [6, 6.07) is 18.7. The Morgan fingerprint density at radius 3 is 2.65 bits per heavy atom.